The van der Waals surface area contributed by atoms with Crippen molar-refractivity contribution >= 4 is 0 Å². The van der Waals surface area contributed by atoms with Gasteiger partial charge in [-0.3, -0.25) is 0 Å². The van der Waals surface area contributed by atoms with E-state index >= 15 is 0 Å². The van der Waals surface area contributed by atoms with Crippen molar-refractivity contribution in [2.24, 2.45) is 5.92 Å². The Morgan fingerprint density at radius 1 is 0.864 bits per heavy atom. The molecule has 2 aromatic carbocycles. The molecule has 0 bridgehead atoms. The molecule has 0 aromatic heterocycles. The maximum atomic E-state index is 2.66. The highest BCUT2D eigenvalue weighted by Crippen LogP contribution is 2.28. The molecular formula is C21H27N. The van der Waals surface area contributed by atoms with Gasteiger partial charge < -0.3 is 4.90 Å². The van der Waals surface area contributed by atoms with E-state index in [1.54, 1.807) is 0 Å². The Morgan fingerprint density at radius 2 is 1.36 bits per heavy atom. The summed E-state index contributed by atoms with van der Waals surface area (Å²) in [5, 5.41) is 0. The first kappa shape index (κ1) is 15.3. The van der Waals surface area contributed by atoms with E-state index < -0.39 is 0 Å². The molecule has 0 amide bonds. The molecule has 1 aliphatic heterocycles. The largest absolute Gasteiger partial charge is 0.302 e. The number of likely N-dealkylation sites (tertiary alicyclic amines) is 1. The number of hydrogen-bond acceptors (Lipinski definition) is 1. The summed E-state index contributed by atoms with van der Waals surface area (Å²) < 4.78 is 0. The van der Waals surface area contributed by atoms with Crippen LogP contribution in [0.4, 0.5) is 0 Å². The van der Waals surface area contributed by atoms with Gasteiger partial charge in [0, 0.05) is 12.5 Å². The van der Waals surface area contributed by atoms with Crippen molar-refractivity contribution in [2.45, 2.75) is 32.1 Å². The van der Waals surface area contributed by atoms with Crippen LogP contribution in [0, 0.1) is 5.92 Å². The summed E-state index contributed by atoms with van der Waals surface area (Å²) in [6, 6.07) is 22.0. The van der Waals surface area contributed by atoms with Gasteiger partial charge in [0.25, 0.3) is 0 Å². The molecule has 1 fully saturated rings. The highest BCUT2D eigenvalue weighted by Gasteiger charge is 2.22. The molecule has 22 heavy (non-hydrogen) atoms. The second kappa shape index (κ2) is 7.60. The van der Waals surface area contributed by atoms with Gasteiger partial charge in [0.05, 0.1) is 0 Å². The molecule has 0 radical (unpaired) electrons. The van der Waals surface area contributed by atoms with Crippen LogP contribution in [0.3, 0.4) is 0 Å². The first-order valence-electron chi connectivity index (χ1n) is 8.69. The summed E-state index contributed by atoms with van der Waals surface area (Å²) in [4.78, 5) is 2.66. The molecule has 0 saturated carbocycles. The Balaban J connectivity index is 1.75. The Bertz CT molecular complexity index is 501. The summed E-state index contributed by atoms with van der Waals surface area (Å²) in [5.41, 5.74) is 2.87. The summed E-state index contributed by atoms with van der Waals surface area (Å²) in [5.74, 6) is 1.43. The maximum Gasteiger partial charge on any atom is 0.0217 e. The average molecular weight is 293 g/mol. The minimum absolute atomic E-state index is 0.487. The molecule has 3 rings (SSSR count). The standard InChI is InChI=1S/C21H27N/c1-2-18-13-15-22(16-14-18)17-21(19-9-5-3-6-10-19)20-11-7-4-8-12-20/h3-12,18,21H,2,13-17H2,1H3. The topological polar surface area (TPSA) is 3.24 Å². The second-order valence-corrected chi connectivity index (χ2v) is 6.53. The lowest BCUT2D eigenvalue weighted by molar-refractivity contribution is 0.177. The fourth-order valence-electron chi connectivity index (χ4n) is 3.61. The van der Waals surface area contributed by atoms with Gasteiger partial charge in [0.2, 0.25) is 0 Å². The zero-order chi connectivity index (χ0) is 15.2. The minimum Gasteiger partial charge on any atom is -0.302 e. The summed E-state index contributed by atoms with van der Waals surface area (Å²) >= 11 is 0. The zero-order valence-electron chi connectivity index (χ0n) is 13.6. The monoisotopic (exact) mass is 293 g/mol. The molecule has 0 N–H and O–H groups in total. The smallest absolute Gasteiger partial charge is 0.0217 e. The van der Waals surface area contributed by atoms with Crippen LogP contribution in [0.5, 0.6) is 0 Å². The van der Waals surface area contributed by atoms with Crippen molar-refractivity contribution < 1.29 is 0 Å². The van der Waals surface area contributed by atoms with Crippen LogP contribution in [0.25, 0.3) is 0 Å². The molecule has 0 unspecified atom stereocenters. The third kappa shape index (κ3) is 3.78. The fourth-order valence-corrected chi connectivity index (χ4v) is 3.61. The van der Waals surface area contributed by atoms with Crippen LogP contribution in [-0.2, 0) is 0 Å². The molecule has 0 atom stereocenters. The first-order chi connectivity index (χ1) is 10.9. The number of nitrogens with zero attached hydrogens (tertiary/aromatic N) is 1. The van der Waals surface area contributed by atoms with Crippen molar-refractivity contribution in [3.8, 4) is 0 Å². The highest BCUT2D eigenvalue weighted by molar-refractivity contribution is 5.32. The molecule has 0 spiro atoms. The fraction of sp³-hybridized carbons (Fsp3) is 0.429. The van der Waals surface area contributed by atoms with E-state index in [-0.39, 0.29) is 0 Å². The Morgan fingerprint density at radius 3 is 1.82 bits per heavy atom. The summed E-state index contributed by atoms with van der Waals surface area (Å²) in [7, 11) is 0. The van der Waals surface area contributed by atoms with E-state index in [0.717, 1.165) is 12.5 Å². The number of piperidine rings is 1. The minimum atomic E-state index is 0.487. The summed E-state index contributed by atoms with van der Waals surface area (Å²) in [6.07, 6.45) is 4.08. The van der Waals surface area contributed by atoms with Crippen molar-refractivity contribution in [1.29, 1.82) is 0 Å². The normalized spacial score (nSPS) is 17.0. The zero-order valence-corrected chi connectivity index (χ0v) is 13.6. The highest BCUT2D eigenvalue weighted by atomic mass is 15.1. The molecule has 1 aliphatic rings. The summed E-state index contributed by atoms with van der Waals surface area (Å²) in [6.45, 7) is 5.99. The lowest BCUT2D eigenvalue weighted by Crippen LogP contribution is -2.36. The third-order valence-electron chi connectivity index (χ3n) is 5.13. The third-order valence-corrected chi connectivity index (χ3v) is 5.13. The molecule has 1 heteroatoms. The quantitative estimate of drug-likeness (QED) is 0.754. The van der Waals surface area contributed by atoms with E-state index in [9.17, 15) is 0 Å². The first-order valence-corrected chi connectivity index (χ1v) is 8.69. The van der Waals surface area contributed by atoms with Crippen LogP contribution < -0.4 is 0 Å². The van der Waals surface area contributed by atoms with Crippen LogP contribution in [0.15, 0.2) is 60.7 Å². The van der Waals surface area contributed by atoms with Gasteiger partial charge >= 0.3 is 0 Å². The molecule has 0 aliphatic carbocycles. The van der Waals surface area contributed by atoms with Crippen molar-refractivity contribution in [3.05, 3.63) is 71.8 Å². The lowest BCUT2D eigenvalue weighted by atomic mass is 9.89. The molecular weight excluding hydrogens is 266 g/mol. The average Bonchev–Trinajstić information content (AvgIpc) is 2.62. The van der Waals surface area contributed by atoms with E-state index in [2.05, 4.69) is 72.5 Å². The van der Waals surface area contributed by atoms with Gasteiger partial charge in [0.15, 0.2) is 0 Å². The van der Waals surface area contributed by atoms with Gasteiger partial charge in [-0.1, -0.05) is 74.0 Å². The Hall–Kier alpha value is -1.60. The lowest BCUT2D eigenvalue weighted by Gasteiger charge is -2.34. The van der Waals surface area contributed by atoms with E-state index in [1.807, 2.05) is 0 Å². The number of hydrogen-bond donors (Lipinski definition) is 0. The number of rotatable bonds is 5. The van der Waals surface area contributed by atoms with Crippen molar-refractivity contribution in [1.82, 2.24) is 4.90 Å². The van der Waals surface area contributed by atoms with E-state index in [0.29, 0.717) is 5.92 Å². The number of benzene rings is 2. The van der Waals surface area contributed by atoms with Crippen molar-refractivity contribution in [3.63, 3.8) is 0 Å². The maximum absolute atomic E-state index is 2.66. The van der Waals surface area contributed by atoms with Crippen LogP contribution >= 0.6 is 0 Å². The van der Waals surface area contributed by atoms with Gasteiger partial charge in [0.1, 0.15) is 0 Å². The van der Waals surface area contributed by atoms with E-state index in [1.165, 1.54) is 43.5 Å². The van der Waals surface area contributed by atoms with E-state index in [4.69, 9.17) is 0 Å². The SMILES string of the molecule is CCC1CCN(CC(c2ccccc2)c2ccccc2)CC1. The predicted molar refractivity (Wildman–Crippen MR) is 94.2 cm³/mol. The van der Waals surface area contributed by atoms with Gasteiger partial charge in [-0.15, -0.1) is 0 Å². The predicted octanol–water partition coefficient (Wildman–Crippen LogP) is 4.94. The van der Waals surface area contributed by atoms with Crippen LogP contribution in [0.1, 0.15) is 43.2 Å². The van der Waals surface area contributed by atoms with Gasteiger partial charge in [-0.2, -0.15) is 0 Å². The van der Waals surface area contributed by atoms with Gasteiger partial charge in [-0.25, -0.2) is 0 Å². The second-order valence-electron chi connectivity index (χ2n) is 6.53. The molecule has 1 saturated heterocycles. The van der Waals surface area contributed by atoms with Crippen molar-refractivity contribution in [2.75, 3.05) is 19.6 Å². The van der Waals surface area contributed by atoms with Crippen LogP contribution in [-0.4, -0.2) is 24.5 Å². The van der Waals surface area contributed by atoms with Gasteiger partial charge in [-0.05, 0) is 43.0 Å². The molecule has 1 heterocycles. The van der Waals surface area contributed by atoms with Crippen LogP contribution in [0.2, 0.25) is 0 Å². The molecule has 2 aromatic rings. The Kier molecular flexibility index (Phi) is 5.29. The molecule has 116 valence electrons. The molecule has 1 nitrogen and oxygen atoms in total. The Labute approximate surface area is 135 Å².